The number of ketones is 1. The summed E-state index contributed by atoms with van der Waals surface area (Å²) < 4.78 is 13.1. The van der Waals surface area contributed by atoms with Gasteiger partial charge in [0.15, 0.2) is 5.78 Å². The standard InChI is InChI=1S/C12H10FNO2/c1-7(15)14-10-3-2-8(13)6-9(10)11(16)12(14)4-5-12/h2-3,6H,4-5H2,1H3. The molecule has 0 saturated heterocycles. The van der Waals surface area contributed by atoms with Crippen molar-refractivity contribution in [3.8, 4) is 0 Å². The zero-order chi connectivity index (χ0) is 11.5. The highest BCUT2D eigenvalue weighted by Gasteiger charge is 2.61. The molecule has 4 heteroatoms. The van der Waals surface area contributed by atoms with Crippen molar-refractivity contribution in [2.45, 2.75) is 25.3 Å². The Morgan fingerprint density at radius 2 is 2.12 bits per heavy atom. The van der Waals surface area contributed by atoms with E-state index in [1.165, 1.54) is 30.0 Å². The van der Waals surface area contributed by atoms with E-state index in [0.29, 0.717) is 24.1 Å². The Kier molecular flexibility index (Phi) is 1.60. The van der Waals surface area contributed by atoms with Crippen molar-refractivity contribution >= 4 is 17.4 Å². The summed E-state index contributed by atoms with van der Waals surface area (Å²) in [5.74, 6) is -0.707. The maximum absolute atomic E-state index is 13.1. The molecule has 16 heavy (non-hydrogen) atoms. The lowest BCUT2D eigenvalue weighted by atomic mass is 10.1. The summed E-state index contributed by atoms with van der Waals surface area (Å²) in [7, 11) is 0. The van der Waals surface area contributed by atoms with Crippen LogP contribution in [0, 0.1) is 5.82 Å². The first-order chi connectivity index (χ1) is 7.56. The Morgan fingerprint density at radius 1 is 1.44 bits per heavy atom. The van der Waals surface area contributed by atoms with E-state index in [2.05, 4.69) is 0 Å². The fourth-order valence-electron chi connectivity index (χ4n) is 2.51. The number of nitrogens with zero attached hydrogens (tertiary/aromatic N) is 1. The number of amides is 1. The van der Waals surface area contributed by atoms with Crippen LogP contribution in [0.15, 0.2) is 18.2 Å². The van der Waals surface area contributed by atoms with Gasteiger partial charge in [-0.25, -0.2) is 4.39 Å². The van der Waals surface area contributed by atoms with Gasteiger partial charge in [-0.2, -0.15) is 0 Å². The van der Waals surface area contributed by atoms with Crippen LogP contribution in [0.25, 0.3) is 0 Å². The number of halogens is 1. The van der Waals surface area contributed by atoms with E-state index < -0.39 is 11.4 Å². The molecular formula is C12H10FNO2. The molecule has 3 rings (SSSR count). The first-order valence-electron chi connectivity index (χ1n) is 5.21. The van der Waals surface area contributed by atoms with Gasteiger partial charge in [0, 0.05) is 12.5 Å². The minimum atomic E-state index is -0.679. The number of rotatable bonds is 0. The van der Waals surface area contributed by atoms with Crippen LogP contribution in [0.2, 0.25) is 0 Å². The second kappa shape index (κ2) is 2.70. The fraction of sp³-hybridized carbons (Fsp3) is 0.333. The minimum Gasteiger partial charge on any atom is -0.298 e. The predicted octanol–water partition coefficient (Wildman–Crippen LogP) is 1.91. The fourth-order valence-corrected chi connectivity index (χ4v) is 2.51. The summed E-state index contributed by atoms with van der Waals surface area (Å²) in [6.07, 6.45) is 1.36. The van der Waals surface area contributed by atoms with E-state index in [4.69, 9.17) is 0 Å². The molecule has 1 aliphatic heterocycles. The van der Waals surface area contributed by atoms with Gasteiger partial charge in [-0.3, -0.25) is 14.5 Å². The van der Waals surface area contributed by atoms with E-state index in [1.807, 2.05) is 0 Å². The Hall–Kier alpha value is -1.71. The van der Waals surface area contributed by atoms with Crippen LogP contribution in [-0.4, -0.2) is 17.2 Å². The number of carbonyl (C=O) groups is 2. The van der Waals surface area contributed by atoms with Gasteiger partial charge >= 0.3 is 0 Å². The normalized spacial score (nSPS) is 20.1. The van der Waals surface area contributed by atoms with Crippen molar-refractivity contribution < 1.29 is 14.0 Å². The maximum Gasteiger partial charge on any atom is 0.224 e. The number of hydrogen-bond donors (Lipinski definition) is 0. The van der Waals surface area contributed by atoms with Crippen LogP contribution in [0.1, 0.15) is 30.1 Å². The van der Waals surface area contributed by atoms with Gasteiger partial charge in [0.25, 0.3) is 0 Å². The lowest BCUT2D eigenvalue weighted by Crippen LogP contribution is -2.40. The molecule has 0 aromatic heterocycles. The number of carbonyl (C=O) groups excluding carboxylic acids is 2. The highest BCUT2D eigenvalue weighted by molar-refractivity contribution is 6.21. The smallest absolute Gasteiger partial charge is 0.224 e. The van der Waals surface area contributed by atoms with Gasteiger partial charge < -0.3 is 0 Å². The van der Waals surface area contributed by atoms with E-state index in [0.717, 1.165) is 0 Å². The van der Waals surface area contributed by atoms with Crippen LogP contribution in [0.5, 0.6) is 0 Å². The number of benzene rings is 1. The van der Waals surface area contributed by atoms with E-state index >= 15 is 0 Å². The third kappa shape index (κ3) is 0.965. The molecule has 1 aromatic rings. The first kappa shape index (κ1) is 9.51. The number of anilines is 1. The molecule has 1 amide bonds. The zero-order valence-corrected chi connectivity index (χ0v) is 8.79. The number of Topliss-reactive ketones (excluding diaryl/α,β-unsaturated/α-hetero) is 1. The quantitative estimate of drug-likeness (QED) is 0.668. The molecule has 0 N–H and O–H groups in total. The zero-order valence-electron chi connectivity index (χ0n) is 8.79. The third-order valence-electron chi connectivity index (χ3n) is 3.33. The van der Waals surface area contributed by atoms with Gasteiger partial charge in [-0.15, -0.1) is 0 Å². The SMILES string of the molecule is CC(=O)N1c2ccc(F)cc2C(=O)C12CC2. The average Bonchev–Trinajstić information content (AvgIpc) is 2.95. The van der Waals surface area contributed by atoms with Gasteiger partial charge in [-0.05, 0) is 31.0 Å². The Balaban J connectivity index is 2.23. The minimum absolute atomic E-state index is 0.114. The third-order valence-corrected chi connectivity index (χ3v) is 3.33. The summed E-state index contributed by atoms with van der Waals surface area (Å²) in [5, 5.41) is 0. The Labute approximate surface area is 91.9 Å². The Bertz CT molecular complexity index is 520. The molecule has 1 saturated carbocycles. The van der Waals surface area contributed by atoms with Gasteiger partial charge in [-0.1, -0.05) is 0 Å². The highest BCUT2D eigenvalue weighted by Crippen LogP contribution is 2.52. The van der Waals surface area contributed by atoms with Gasteiger partial charge in [0.05, 0.1) is 5.69 Å². The van der Waals surface area contributed by atoms with Crippen molar-refractivity contribution in [1.82, 2.24) is 0 Å². The van der Waals surface area contributed by atoms with Crippen molar-refractivity contribution in [2.75, 3.05) is 4.90 Å². The largest absolute Gasteiger partial charge is 0.298 e. The molecule has 1 heterocycles. The molecule has 82 valence electrons. The summed E-state index contributed by atoms with van der Waals surface area (Å²) in [6, 6.07) is 4.02. The van der Waals surface area contributed by atoms with E-state index in [1.54, 1.807) is 0 Å². The number of hydrogen-bond acceptors (Lipinski definition) is 2. The van der Waals surface area contributed by atoms with Crippen molar-refractivity contribution in [1.29, 1.82) is 0 Å². The van der Waals surface area contributed by atoms with Crippen LogP contribution < -0.4 is 4.90 Å². The number of fused-ring (bicyclic) bond motifs is 1. The van der Waals surface area contributed by atoms with E-state index in [9.17, 15) is 14.0 Å². The molecule has 0 atom stereocenters. The van der Waals surface area contributed by atoms with Gasteiger partial charge in [0.1, 0.15) is 11.4 Å². The molecule has 0 unspecified atom stereocenters. The lowest BCUT2D eigenvalue weighted by Gasteiger charge is -2.21. The summed E-state index contributed by atoms with van der Waals surface area (Å²) >= 11 is 0. The molecule has 2 aliphatic rings. The van der Waals surface area contributed by atoms with E-state index in [-0.39, 0.29) is 11.7 Å². The van der Waals surface area contributed by atoms with Gasteiger partial charge in [0.2, 0.25) is 5.91 Å². The highest BCUT2D eigenvalue weighted by atomic mass is 19.1. The predicted molar refractivity (Wildman–Crippen MR) is 55.9 cm³/mol. The van der Waals surface area contributed by atoms with Crippen LogP contribution in [0.3, 0.4) is 0 Å². The molecule has 3 nitrogen and oxygen atoms in total. The monoisotopic (exact) mass is 219 g/mol. The molecule has 0 bridgehead atoms. The molecule has 0 radical (unpaired) electrons. The van der Waals surface area contributed by atoms with Crippen molar-refractivity contribution in [3.63, 3.8) is 0 Å². The lowest BCUT2D eigenvalue weighted by molar-refractivity contribution is -0.116. The Morgan fingerprint density at radius 3 is 2.69 bits per heavy atom. The maximum atomic E-state index is 13.1. The first-order valence-corrected chi connectivity index (χ1v) is 5.21. The molecular weight excluding hydrogens is 209 g/mol. The molecule has 1 spiro atoms. The van der Waals surface area contributed by atoms with Crippen LogP contribution >= 0.6 is 0 Å². The second-order valence-corrected chi connectivity index (χ2v) is 4.38. The summed E-state index contributed by atoms with van der Waals surface area (Å²) in [5.41, 5.74) is 0.214. The summed E-state index contributed by atoms with van der Waals surface area (Å²) in [4.78, 5) is 25.2. The van der Waals surface area contributed by atoms with Crippen molar-refractivity contribution in [3.05, 3.63) is 29.6 Å². The summed E-state index contributed by atoms with van der Waals surface area (Å²) in [6.45, 7) is 1.44. The molecule has 1 aromatic carbocycles. The van der Waals surface area contributed by atoms with Crippen LogP contribution in [0.4, 0.5) is 10.1 Å². The van der Waals surface area contributed by atoms with Crippen LogP contribution in [-0.2, 0) is 4.79 Å². The second-order valence-electron chi connectivity index (χ2n) is 4.38. The molecule has 1 aliphatic carbocycles. The average molecular weight is 219 g/mol. The molecule has 1 fully saturated rings. The van der Waals surface area contributed by atoms with Crippen molar-refractivity contribution in [2.24, 2.45) is 0 Å². The topological polar surface area (TPSA) is 37.4 Å².